The normalized spacial score (nSPS) is 15.0. The highest BCUT2D eigenvalue weighted by molar-refractivity contribution is 5.94. The zero-order valence-electron chi connectivity index (χ0n) is 11.7. The van der Waals surface area contributed by atoms with E-state index in [1.807, 2.05) is 41.4 Å². The molecule has 0 aromatic heterocycles. The number of terminal acetylenes is 1. The largest absolute Gasteiger partial charge is 0.394 e. The fourth-order valence-corrected chi connectivity index (χ4v) is 2.26. The van der Waals surface area contributed by atoms with Gasteiger partial charge in [0.05, 0.1) is 19.2 Å². The molecular formula is C17H18N2O2. The first-order chi connectivity index (χ1) is 10.3. The Morgan fingerprint density at radius 1 is 1.43 bits per heavy atom. The number of carbonyl (C=O) groups excluding carboxylic acids is 1. The van der Waals surface area contributed by atoms with Crippen LogP contribution in [0.4, 0.5) is 0 Å². The topological polar surface area (TPSA) is 52.6 Å². The van der Waals surface area contributed by atoms with Gasteiger partial charge in [-0.15, -0.1) is 6.42 Å². The van der Waals surface area contributed by atoms with Gasteiger partial charge >= 0.3 is 0 Å². The maximum Gasteiger partial charge on any atom is 0.249 e. The molecular weight excluding hydrogens is 264 g/mol. The summed E-state index contributed by atoms with van der Waals surface area (Å²) in [4.78, 5) is 13.9. The number of carbonyl (C=O) groups is 1. The predicted molar refractivity (Wildman–Crippen MR) is 82.0 cm³/mol. The highest BCUT2D eigenvalue weighted by Gasteiger charge is 2.21. The van der Waals surface area contributed by atoms with Crippen LogP contribution < -0.4 is 5.32 Å². The molecule has 1 aliphatic rings. The highest BCUT2D eigenvalue weighted by Crippen LogP contribution is 2.23. The van der Waals surface area contributed by atoms with Crippen LogP contribution in [0.15, 0.2) is 54.3 Å². The summed E-state index contributed by atoms with van der Waals surface area (Å²) < 4.78 is 0. The Morgan fingerprint density at radius 2 is 2.19 bits per heavy atom. The van der Waals surface area contributed by atoms with Crippen LogP contribution in [0.1, 0.15) is 11.6 Å². The molecule has 0 spiro atoms. The maximum atomic E-state index is 12.0. The second-order valence-corrected chi connectivity index (χ2v) is 4.70. The van der Waals surface area contributed by atoms with Crippen molar-refractivity contribution in [3.63, 3.8) is 0 Å². The Balaban J connectivity index is 2.09. The van der Waals surface area contributed by atoms with Crippen molar-refractivity contribution in [1.82, 2.24) is 10.2 Å². The number of aliphatic hydroxyl groups excluding tert-OH is 1. The molecule has 4 heteroatoms. The number of benzene rings is 1. The first-order valence-corrected chi connectivity index (χ1v) is 6.77. The highest BCUT2D eigenvalue weighted by atomic mass is 16.3. The van der Waals surface area contributed by atoms with E-state index in [4.69, 9.17) is 6.42 Å². The first kappa shape index (κ1) is 14.9. The Hall–Kier alpha value is -2.51. The number of hydrogen-bond acceptors (Lipinski definition) is 3. The van der Waals surface area contributed by atoms with E-state index >= 15 is 0 Å². The summed E-state index contributed by atoms with van der Waals surface area (Å²) in [6.07, 6.45) is 10.6. The summed E-state index contributed by atoms with van der Waals surface area (Å²) in [6, 6.07) is 9.55. The van der Waals surface area contributed by atoms with Gasteiger partial charge in [0, 0.05) is 18.3 Å². The molecule has 1 atom stereocenters. The van der Waals surface area contributed by atoms with E-state index in [1.165, 1.54) is 0 Å². The van der Waals surface area contributed by atoms with Crippen molar-refractivity contribution in [3.8, 4) is 12.3 Å². The quantitative estimate of drug-likeness (QED) is 0.799. The third-order valence-corrected chi connectivity index (χ3v) is 3.33. The number of aliphatic hydroxyl groups is 1. The van der Waals surface area contributed by atoms with Crippen molar-refractivity contribution in [3.05, 3.63) is 59.8 Å². The van der Waals surface area contributed by atoms with Gasteiger partial charge in [0.2, 0.25) is 5.91 Å². The van der Waals surface area contributed by atoms with Gasteiger partial charge in [-0.05, 0) is 11.6 Å². The Morgan fingerprint density at radius 3 is 2.86 bits per heavy atom. The van der Waals surface area contributed by atoms with Crippen molar-refractivity contribution in [2.45, 2.75) is 6.04 Å². The molecule has 2 rings (SSSR count). The molecule has 0 saturated heterocycles. The second-order valence-electron chi connectivity index (χ2n) is 4.70. The fraction of sp³-hybridized carbons (Fsp3) is 0.235. The molecule has 0 radical (unpaired) electrons. The number of nitrogens with zero attached hydrogens (tertiary/aromatic N) is 1. The molecule has 108 valence electrons. The number of hydrogen-bond donors (Lipinski definition) is 2. The summed E-state index contributed by atoms with van der Waals surface area (Å²) in [5.74, 6) is 2.20. The molecule has 0 saturated carbocycles. The third kappa shape index (κ3) is 3.74. The number of rotatable bonds is 5. The molecule has 21 heavy (non-hydrogen) atoms. The van der Waals surface area contributed by atoms with E-state index in [0.29, 0.717) is 12.1 Å². The zero-order chi connectivity index (χ0) is 15.1. The van der Waals surface area contributed by atoms with Gasteiger partial charge in [-0.3, -0.25) is 4.79 Å². The van der Waals surface area contributed by atoms with Gasteiger partial charge in [-0.1, -0.05) is 42.3 Å². The molecule has 1 aromatic rings. The van der Waals surface area contributed by atoms with Gasteiger partial charge < -0.3 is 15.3 Å². The average molecular weight is 282 g/mol. The monoisotopic (exact) mass is 282 g/mol. The maximum absolute atomic E-state index is 12.0. The number of allylic oxidation sites excluding steroid dienone is 2. The van der Waals surface area contributed by atoms with Crippen LogP contribution in [0.3, 0.4) is 0 Å². The smallest absolute Gasteiger partial charge is 0.249 e. The summed E-state index contributed by atoms with van der Waals surface area (Å²) in [7, 11) is 0. The van der Waals surface area contributed by atoms with Crippen LogP contribution in [0.5, 0.6) is 0 Å². The van der Waals surface area contributed by atoms with Crippen LogP contribution in [0.25, 0.3) is 0 Å². The van der Waals surface area contributed by atoms with Gasteiger partial charge in [0.15, 0.2) is 0 Å². The van der Waals surface area contributed by atoms with Crippen molar-refractivity contribution in [2.24, 2.45) is 0 Å². The molecule has 1 heterocycles. The Bertz CT molecular complexity index is 585. The zero-order valence-corrected chi connectivity index (χ0v) is 11.7. The first-order valence-electron chi connectivity index (χ1n) is 6.77. The summed E-state index contributed by atoms with van der Waals surface area (Å²) >= 11 is 0. The minimum atomic E-state index is -0.174. The number of amides is 1. The molecule has 2 N–H and O–H groups in total. The van der Waals surface area contributed by atoms with Gasteiger partial charge in [-0.2, -0.15) is 0 Å². The molecule has 1 aromatic carbocycles. The van der Waals surface area contributed by atoms with Crippen LogP contribution in [-0.4, -0.2) is 35.6 Å². The van der Waals surface area contributed by atoms with E-state index in [0.717, 1.165) is 5.56 Å². The van der Waals surface area contributed by atoms with Crippen LogP contribution in [0.2, 0.25) is 0 Å². The molecule has 1 unspecified atom stereocenters. The van der Waals surface area contributed by atoms with E-state index in [1.54, 1.807) is 12.2 Å². The SMILES string of the molecule is C#CCNC(=O)C1=CC=CN(C(CO)c2ccccc2)C1. The molecule has 0 bridgehead atoms. The van der Waals surface area contributed by atoms with Gasteiger partial charge in [0.25, 0.3) is 0 Å². The van der Waals surface area contributed by atoms with E-state index in [-0.39, 0.29) is 25.1 Å². The summed E-state index contributed by atoms with van der Waals surface area (Å²) in [6.45, 7) is 0.628. The molecule has 0 fully saturated rings. The van der Waals surface area contributed by atoms with Crippen LogP contribution in [0, 0.1) is 12.3 Å². The van der Waals surface area contributed by atoms with Crippen LogP contribution >= 0.6 is 0 Å². The number of nitrogens with one attached hydrogen (secondary N) is 1. The Labute approximate surface area is 124 Å². The standard InChI is InChI=1S/C17H18N2O2/c1-2-10-18-17(21)15-9-6-11-19(12-15)16(13-20)14-7-4-3-5-8-14/h1,3-9,11,16,20H,10,12-13H2,(H,18,21). The lowest BCUT2D eigenvalue weighted by atomic mass is 10.0. The van der Waals surface area contributed by atoms with E-state index in [2.05, 4.69) is 11.2 Å². The third-order valence-electron chi connectivity index (χ3n) is 3.33. The lowest BCUT2D eigenvalue weighted by Crippen LogP contribution is -2.35. The molecule has 0 aliphatic carbocycles. The minimum Gasteiger partial charge on any atom is -0.394 e. The predicted octanol–water partition coefficient (Wildman–Crippen LogP) is 1.23. The van der Waals surface area contributed by atoms with Crippen molar-refractivity contribution in [1.29, 1.82) is 0 Å². The minimum absolute atomic E-state index is 0.0202. The Kier molecular flexibility index (Phi) is 5.19. The molecule has 1 aliphatic heterocycles. The second kappa shape index (κ2) is 7.32. The lowest BCUT2D eigenvalue weighted by Gasteiger charge is -2.32. The van der Waals surface area contributed by atoms with Gasteiger partial charge in [0.1, 0.15) is 0 Å². The lowest BCUT2D eigenvalue weighted by molar-refractivity contribution is -0.117. The van der Waals surface area contributed by atoms with E-state index in [9.17, 15) is 9.90 Å². The van der Waals surface area contributed by atoms with E-state index < -0.39 is 0 Å². The van der Waals surface area contributed by atoms with Crippen molar-refractivity contribution >= 4 is 5.91 Å². The van der Waals surface area contributed by atoms with Gasteiger partial charge in [-0.25, -0.2) is 0 Å². The molecule has 4 nitrogen and oxygen atoms in total. The van der Waals surface area contributed by atoms with Crippen molar-refractivity contribution in [2.75, 3.05) is 19.7 Å². The fourth-order valence-electron chi connectivity index (χ4n) is 2.26. The van der Waals surface area contributed by atoms with Crippen LogP contribution in [-0.2, 0) is 4.79 Å². The summed E-state index contributed by atoms with van der Waals surface area (Å²) in [5, 5.41) is 12.3. The average Bonchev–Trinajstić information content (AvgIpc) is 2.54. The summed E-state index contributed by atoms with van der Waals surface area (Å²) in [5.41, 5.74) is 1.64. The molecule has 1 amide bonds. The van der Waals surface area contributed by atoms with Crippen molar-refractivity contribution < 1.29 is 9.90 Å².